The molecule has 1 N–H and O–H groups in total. The topological polar surface area (TPSA) is 65.0 Å². The molecule has 0 atom stereocenters. The highest BCUT2D eigenvalue weighted by atomic mass is 19.4. The van der Waals surface area contributed by atoms with E-state index >= 15 is 0 Å². The van der Waals surface area contributed by atoms with Gasteiger partial charge >= 0.3 is 12.4 Å². The average molecular weight is 417 g/mol. The molecular weight excluding hydrogens is 396 g/mol. The lowest BCUT2D eigenvalue weighted by molar-refractivity contribution is -0.154. The lowest BCUT2D eigenvalue weighted by Crippen LogP contribution is -2.27. The van der Waals surface area contributed by atoms with E-state index in [-0.39, 0.29) is 24.6 Å². The highest BCUT2D eigenvalue weighted by Crippen LogP contribution is 2.32. The average Bonchev–Trinajstić information content (AvgIpc) is 2.56. The van der Waals surface area contributed by atoms with Crippen LogP contribution in [0, 0.1) is 5.41 Å². The molecule has 0 radical (unpaired) electrons. The van der Waals surface area contributed by atoms with Crippen molar-refractivity contribution in [2.75, 3.05) is 26.9 Å². The fourth-order valence-corrected chi connectivity index (χ4v) is 1.74. The van der Waals surface area contributed by atoms with Gasteiger partial charge in [-0.1, -0.05) is 19.0 Å². The largest absolute Gasteiger partial charge is 0.468 e. The number of hydroxylamine groups is 1. The number of hydrogen-bond donors (Lipinski definition) is 1. The first kappa shape index (κ1) is 24.0. The van der Waals surface area contributed by atoms with Crippen molar-refractivity contribution in [3.63, 3.8) is 0 Å². The smallest absolute Gasteiger partial charge is 0.422 e. The van der Waals surface area contributed by atoms with Gasteiger partial charge in [-0.15, -0.1) is 0 Å². The Balaban J connectivity index is 3.00. The molecule has 28 heavy (non-hydrogen) atoms. The van der Waals surface area contributed by atoms with E-state index in [1.165, 1.54) is 6.92 Å². The Labute approximate surface area is 157 Å². The van der Waals surface area contributed by atoms with Gasteiger partial charge in [0.2, 0.25) is 5.88 Å². The molecule has 0 aliphatic carbocycles. The van der Waals surface area contributed by atoms with Crippen LogP contribution in [0.15, 0.2) is 17.3 Å². The van der Waals surface area contributed by atoms with Gasteiger partial charge in [0.15, 0.2) is 6.61 Å². The number of ether oxygens (including phenoxy) is 1. The standard InChI is InChI=1S/C16H21F6N3O3/c1-10(25-28-8-14(2,3)7-27-23-4)12-5-11(16(20,21)22)6-13(24-12)26-9-15(17,18)19/h5-6,23H,7-9H2,1-4H3. The second kappa shape index (κ2) is 9.41. The van der Waals surface area contributed by atoms with Gasteiger partial charge in [-0.2, -0.15) is 26.3 Å². The highest BCUT2D eigenvalue weighted by molar-refractivity contribution is 5.96. The molecule has 0 saturated heterocycles. The van der Waals surface area contributed by atoms with Crippen molar-refractivity contribution in [3.05, 3.63) is 23.4 Å². The predicted molar refractivity (Wildman–Crippen MR) is 87.7 cm³/mol. The molecule has 0 aromatic carbocycles. The third-order valence-corrected chi connectivity index (χ3v) is 3.15. The van der Waals surface area contributed by atoms with Crippen LogP contribution < -0.4 is 10.2 Å². The Morgan fingerprint density at radius 3 is 2.25 bits per heavy atom. The SMILES string of the molecule is CNOCC(C)(C)CON=C(C)c1cc(C(F)(F)F)cc(OCC(F)(F)F)n1. The molecule has 0 aliphatic rings. The van der Waals surface area contributed by atoms with Crippen molar-refractivity contribution in [1.82, 2.24) is 10.5 Å². The summed E-state index contributed by atoms with van der Waals surface area (Å²) in [5.74, 6) is -0.820. The molecule has 0 amide bonds. The first-order chi connectivity index (χ1) is 12.7. The van der Waals surface area contributed by atoms with Crippen LogP contribution in [0.5, 0.6) is 5.88 Å². The summed E-state index contributed by atoms with van der Waals surface area (Å²) in [5.41, 5.74) is 0.432. The van der Waals surface area contributed by atoms with E-state index in [9.17, 15) is 26.3 Å². The van der Waals surface area contributed by atoms with E-state index in [4.69, 9.17) is 9.68 Å². The van der Waals surface area contributed by atoms with Gasteiger partial charge in [-0.25, -0.2) is 10.5 Å². The number of nitrogens with zero attached hydrogens (tertiary/aromatic N) is 2. The molecule has 0 bridgehead atoms. The van der Waals surface area contributed by atoms with Crippen LogP contribution in [0.3, 0.4) is 0 Å². The Morgan fingerprint density at radius 2 is 1.71 bits per heavy atom. The molecule has 160 valence electrons. The van der Waals surface area contributed by atoms with Crippen LogP contribution in [0.4, 0.5) is 26.3 Å². The fraction of sp³-hybridized carbons (Fsp3) is 0.625. The number of halogens is 6. The third-order valence-electron chi connectivity index (χ3n) is 3.15. The number of alkyl halides is 6. The van der Waals surface area contributed by atoms with Crippen molar-refractivity contribution in [1.29, 1.82) is 0 Å². The molecule has 0 spiro atoms. The van der Waals surface area contributed by atoms with Crippen molar-refractivity contribution < 1.29 is 40.8 Å². The van der Waals surface area contributed by atoms with Crippen molar-refractivity contribution in [2.24, 2.45) is 10.6 Å². The minimum Gasteiger partial charge on any atom is -0.468 e. The van der Waals surface area contributed by atoms with Crippen molar-refractivity contribution >= 4 is 5.71 Å². The zero-order valence-corrected chi connectivity index (χ0v) is 15.7. The first-order valence-electron chi connectivity index (χ1n) is 7.98. The molecule has 0 saturated carbocycles. The molecule has 0 unspecified atom stereocenters. The van der Waals surface area contributed by atoms with E-state index in [0.717, 1.165) is 0 Å². The maximum Gasteiger partial charge on any atom is 0.422 e. The van der Waals surface area contributed by atoms with Crippen LogP contribution in [-0.2, 0) is 15.9 Å². The van der Waals surface area contributed by atoms with Gasteiger partial charge in [-0.3, -0.25) is 0 Å². The summed E-state index contributed by atoms with van der Waals surface area (Å²) in [7, 11) is 1.58. The molecule has 12 heteroatoms. The normalized spacial score (nSPS) is 13.6. The Morgan fingerprint density at radius 1 is 1.07 bits per heavy atom. The summed E-state index contributed by atoms with van der Waals surface area (Å²) in [6.45, 7) is 3.50. The minimum absolute atomic E-state index is 0.0618. The van der Waals surface area contributed by atoms with Crippen molar-refractivity contribution in [3.8, 4) is 5.88 Å². The van der Waals surface area contributed by atoms with Crippen LogP contribution in [0.2, 0.25) is 0 Å². The molecule has 1 aromatic heterocycles. The minimum atomic E-state index is -4.80. The van der Waals surface area contributed by atoms with Gasteiger partial charge in [0, 0.05) is 18.5 Å². The monoisotopic (exact) mass is 417 g/mol. The molecule has 6 nitrogen and oxygen atoms in total. The molecule has 0 fully saturated rings. The molecule has 1 aromatic rings. The predicted octanol–water partition coefficient (Wildman–Crippen LogP) is 3.96. The summed E-state index contributed by atoms with van der Waals surface area (Å²) in [6, 6.07) is 1.04. The molecular formula is C16H21F6N3O3. The first-order valence-corrected chi connectivity index (χ1v) is 7.98. The number of pyridine rings is 1. The zero-order valence-electron chi connectivity index (χ0n) is 15.7. The molecule has 1 heterocycles. The summed E-state index contributed by atoms with van der Waals surface area (Å²) >= 11 is 0. The Kier molecular flexibility index (Phi) is 8.05. The van der Waals surface area contributed by atoms with Gasteiger partial charge in [0.05, 0.1) is 17.9 Å². The number of nitrogens with one attached hydrogen (secondary N) is 1. The van der Waals surface area contributed by atoms with Crippen LogP contribution in [0.25, 0.3) is 0 Å². The summed E-state index contributed by atoms with van der Waals surface area (Å²) in [4.78, 5) is 13.8. The van der Waals surface area contributed by atoms with E-state index in [2.05, 4.69) is 20.4 Å². The summed E-state index contributed by atoms with van der Waals surface area (Å²) in [5, 5.41) is 3.69. The number of hydrogen-bond acceptors (Lipinski definition) is 6. The number of aromatic nitrogens is 1. The maximum absolute atomic E-state index is 13.0. The summed E-state index contributed by atoms with van der Waals surface area (Å²) in [6.07, 6.45) is -9.52. The van der Waals surface area contributed by atoms with E-state index in [0.29, 0.717) is 12.1 Å². The van der Waals surface area contributed by atoms with Gasteiger partial charge in [0.25, 0.3) is 0 Å². The molecule has 1 rings (SSSR count). The van der Waals surface area contributed by atoms with Crippen LogP contribution >= 0.6 is 0 Å². The Hall–Kier alpha value is -2.08. The molecule has 0 aliphatic heterocycles. The van der Waals surface area contributed by atoms with Gasteiger partial charge in [-0.05, 0) is 13.0 Å². The zero-order chi connectivity index (χ0) is 21.6. The van der Waals surface area contributed by atoms with Crippen LogP contribution in [-0.4, -0.2) is 43.7 Å². The lowest BCUT2D eigenvalue weighted by atomic mass is 9.97. The lowest BCUT2D eigenvalue weighted by Gasteiger charge is -2.22. The number of rotatable bonds is 9. The van der Waals surface area contributed by atoms with Gasteiger partial charge in [0.1, 0.15) is 12.3 Å². The summed E-state index contributed by atoms with van der Waals surface area (Å²) < 4.78 is 80.2. The fourth-order valence-electron chi connectivity index (χ4n) is 1.74. The second-order valence-corrected chi connectivity index (χ2v) is 6.59. The quantitative estimate of drug-likeness (QED) is 0.374. The van der Waals surface area contributed by atoms with E-state index < -0.39 is 35.8 Å². The van der Waals surface area contributed by atoms with Crippen LogP contribution in [0.1, 0.15) is 32.0 Å². The number of oxime groups is 1. The third kappa shape index (κ3) is 8.74. The van der Waals surface area contributed by atoms with Gasteiger partial charge < -0.3 is 14.4 Å². The van der Waals surface area contributed by atoms with E-state index in [1.54, 1.807) is 20.9 Å². The second-order valence-electron chi connectivity index (χ2n) is 6.59. The Bertz CT molecular complexity index is 675. The van der Waals surface area contributed by atoms with E-state index in [1.807, 2.05) is 0 Å². The maximum atomic E-state index is 13.0. The highest BCUT2D eigenvalue weighted by Gasteiger charge is 2.33. The van der Waals surface area contributed by atoms with Crippen molar-refractivity contribution in [2.45, 2.75) is 33.1 Å².